The van der Waals surface area contributed by atoms with Gasteiger partial charge in [-0.2, -0.15) is 0 Å². The molecule has 0 radical (unpaired) electrons. The number of fused-ring (bicyclic) bond motifs is 2. The molecule has 0 aliphatic rings. The number of imidazole rings is 2. The molecule has 0 amide bonds. The Balaban J connectivity index is 0.000000149. The third-order valence-corrected chi connectivity index (χ3v) is 8.38. The number of rotatable bonds is 3. The van der Waals surface area contributed by atoms with Crippen LogP contribution in [0.1, 0.15) is 11.4 Å². The van der Waals surface area contributed by atoms with Gasteiger partial charge in [0.15, 0.2) is 0 Å². The van der Waals surface area contributed by atoms with Gasteiger partial charge in [-0.15, -0.1) is 0 Å². The van der Waals surface area contributed by atoms with Crippen LogP contribution in [0.4, 0.5) is 20.4 Å². The van der Waals surface area contributed by atoms with E-state index in [1.54, 1.807) is 59.6 Å². The van der Waals surface area contributed by atoms with Gasteiger partial charge in [-0.3, -0.25) is 4.98 Å². The van der Waals surface area contributed by atoms with Crippen molar-refractivity contribution in [1.82, 2.24) is 38.7 Å². The van der Waals surface area contributed by atoms with Gasteiger partial charge in [-0.05, 0) is 84.4 Å². The number of nitrogens with zero attached hydrogens (tertiary/aromatic N) is 10. The molecule has 0 aliphatic heterocycles. The largest absolute Gasteiger partial charge is 0.362 e. The van der Waals surface area contributed by atoms with Gasteiger partial charge in [0.1, 0.15) is 21.4 Å². The van der Waals surface area contributed by atoms with Crippen LogP contribution < -0.4 is 0 Å². The smallest absolute Gasteiger partial charge is 0.254 e. The maximum Gasteiger partial charge on any atom is 0.254 e. The molecule has 0 saturated carbocycles. The zero-order valence-electron chi connectivity index (χ0n) is 27.4. The lowest BCUT2D eigenvalue weighted by Crippen LogP contribution is -1.96. The molecule has 0 atom stereocenters. The van der Waals surface area contributed by atoms with Gasteiger partial charge in [0.25, 0.3) is 11.6 Å². The molecule has 0 aliphatic carbocycles. The van der Waals surface area contributed by atoms with Crippen LogP contribution in [0.15, 0.2) is 115 Å². The van der Waals surface area contributed by atoms with Crippen molar-refractivity contribution in [3.05, 3.63) is 166 Å². The van der Waals surface area contributed by atoms with Gasteiger partial charge in [-0.25, -0.2) is 42.5 Å². The van der Waals surface area contributed by atoms with Crippen molar-refractivity contribution in [1.29, 1.82) is 0 Å². The molecule has 8 rings (SSSR count). The molecule has 14 heteroatoms. The second-order valence-electron chi connectivity index (χ2n) is 11.0. The fourth-order valence-corrected chi connectivity index (χ4v) is 5.68. The predicted octanol–water partition coefficient (Wildman–Crippen LogP) is 10.3. The van der Waals surface area contributed by atoms with E-state index in [0.29, 0.717) is 49.8 Å². The Morgan fingerprint density at radius 1 is 0.654 bits per heavy atom. The minimum Gasteiger partial charge on any atom is -0.362 e. The molecule has 0 saturated heterocycles. The molecular formula is C38H24BrClF2N10. The van der Waals surface area contributed by atoms with Crippen LogP contribution in [-0.2, 0) is 0 Å². The van der Waals surface area contributed by atoms with Crippen molar-refractivity contribution in [2.75, 3.05) is 0 Å². The second-order valence-corrected chi connectivity index (χ2v) is 12.1. The summed E-state index contributed by atoms with van der Waals surface area (Å²) in [6.07, 6.45) is 10.1. The number of aromatic nitrogens is 8. The van der Waals surface area contributed by atoms with Gasteiger partial charge in [0.2, 0.25) is 11.3 Å². The summed E-state index contributed by atoms with van der Waals surface area (Å²) in [5.74, 6) is 0.311. The summed E-state index contributed by atoms with van der Waals surface area (Å²) >= 11 is 9.18. The number of hydrogen-bond donors (Lipinski definition) is 0. The van der Waals surface area contributed by atoms with Gasteiger partial charge in [0, 0.05) is 46.8 Å². The Hall–Kier alpha value is -6.41. The number of pyridine rings is 6. The van der Waals surface area contributed by atoms with E-state index < -0.39 is 0 Å². The van der Waals surface area contributed by atoms with Crippen LogP contribution in [0.2, 0.25) is 5.15 Å². The summed E-state index contributed by atoms with van der Waals surface area (Å²) < 4.78 is 30.1. The van der Waals surface area contributed by atoms with E-state index in [1.807, 2.05) is 60.9 Å². The maximum atomic E-state index is 13.5. The first-order valence-electron chi connectivity index (χ1n) is 15.3. The molecule has 8 aromatic heterocycles. The van der Waals surface area contributed by atoms with E-state index >= 15 is 0 Å². The maximum absolute atomic E-state index is 13.5. The zero-order chi connectivity index (χ0) is 36.8. The average Bonchev–Trinajstić information content (AvgIpc) is 3.78. The number of halogens is 4. The molecule has 10 nitrogen and oxygen atoms in total. The van der Waals surface area contributed by atoms with Crippen LogP contribution in [-0.4, -0.2) is 38.7 Å². The van der Waals surface area contributed by atoms with E-state index in [2.05, 4.69) is 55.5 Å². The van der Waals surface area contributed by atoms with Crippen LogP contribution in [0, 0.1) is 38.6 Å². The fraction of sp³-hybridized carbons (Fsp3) is 0.0526. The summed E-state index contributed by atoms with van der Waals surface area (Å²) in [6, 6.07) is 21.0. The van der Waals surface area contributed by atoms with Crippen molar-refractivity contribution in [3.63, 3.8) is 0 Å². The topological polar surface area (TPSA) is 94.9 Å². The average molecular weight is 774 g/mol. The van der Waals surface area contributed by atoms with Crippen molar-refractivity contribution in [3.8, 4) is 33.6 Å². The first-order valence-corrected chi connectivity index (χ1v) is 16.5. The molecular weight excluding hydrogens is 750 g/mol. The third-order valence-electron chi connectivity index (χ3n) is 7.64. The summed E-state index contributed by atoms with van der Waals surface area (Å²) in [5.41, 5.74) is 6.93. The van der Waals surface area contributed by atoms with Gasteiger partial charge >= 0.3 is 0 Å². The van der Waals surface area contributed by atoms with E-state index in [4.69, 9.17) is 24.7 Å². The molecule has 0 bridgehead atoms. The minimum absolute atomic E-state index is 0.266. The summed E-state index contributed by atoms with van der Waals surface area (Å²) in [6.45, 7) is 17.6. The SMILES string of the molecule is Cc1nc(Br)ccc1F.[C-]#[N+]c1cnc2ccc(-c3cccnc3-c3ccc(F)c(C)n3)cn12.[C-]#[N+]c1cnc2ccc(-c3cccnc3Cl)cn12. The van der Waals surface area contributed by atoms with Gasteiger partial charge < -0.3 is 9.69 Å². The van der Waals surface area contributed by atoms with Crippen molar-refractivity contribution in [2.45, 2.75) is 13.8 Å². The quantitative estimate of drug-likeness (QED) is 0.131. The van der Waals surface area contributed by atoms with E-state index in [-0.39, 0.29) is 11.6 Å². The normalized spacial score (nSPS) is 10.5. The Morgan fingerprint density at radius 3 is 1.73 bits per heavy atom. The van der Waals surface area contributed by atoms with Crippen LogP contribution in [0.25, 0.3) is 54.6 Å². The molecule has 52 heavy (non-hydrogen) atoms. The highest BCUT2D eigenvalue weighted by atomic mass is 79.9. The zero-order valence-corrected chi connectivity index (χ0v) is 29.7. The third kappa shape index (κ3) is 7.66. The van der Waals surface area contributed by atoms with E-state index in [0.717, 1.165) is 27.9 Å². The first-order chi connectivity index (χ1) is 25.2. The van der Waals surface area contributed by atoms with Crippen LogP contribution in [0.3, 0.4) is 0 Å². The lowest BCUT2D eigenvalue weighted by molar-refractivity contribution is 0.608. The Morgan fingerprint density at radius 2 is 1.19 bits per heavy atom. The van der Waals surface area contributed by atoms with Crippen LogP contribution >= 0.6 is 27.5 Å². The van der Waals surface area contributed by atoms with E-state index in [9.17, 15) is 8.78 Å². The van der Waals surface area contributed by atoms with Gasteiger partial charge in [-0.1, -0.05) is 30.8 Å². The monoisotopic (exact) mass is 772 g/mol. The lowest BCUT2D eigenvalue weighted by Gasteiger charge is -2.09. The summed E-state index contributed by atoms with van der Waals surface area (Å²) in [7, 11) is 0. The molecule has 254 valence electrons. The molecule has 0 unspecified atom stereocenters. The molecule has 8 aromatic rings. The van der Waals surface area contributed by atoms with Gasteiger partial charge in [0.05, 0.1) is 47.6 Å². The van der Waals surface area contributed by atoms with Crippen LogP contribution in [0.5, 0.6) is 0 Å². The summed E-state index contributed by atoms with van der Waals surface area (Å²) in [4.78, 5) is 31.9. The molecule has 0 N–H and O–H groups in total. The van der Waals surface area contributed by atoms with Crippen molar-refractivity contribution in [2.24, 2.45) is 0 Å². The lowest BCUT2D eigenvalue weighted by atomic mass is 10.0. The standard InChI is InChI=1S/C19H12FN5.C13H7ClN4.C6H5BrFN/c1-12-15(20)6-7-16(24-12)19-14(4-3-9-22-19)13-5-8-17-23-10-18(21-2)25(17)11-13;1-15-12-7-17-11-5-4-9(8-18(11)12)10-3-2-6-16-13(10)14;1-4-5(8)2-3-6(7)9-4/h3-11H,1H3;2-8H;2-3H,1H3. The summed E-state index contributed by atoms with van der Waals surface area (Å²) in [5, 5.41) is 0.446. The van der Waals surface area contributed by atoms with E-state index in [1.165, 1.54) is 12.1 Å². The highest BCUT2D eigenvalue weighted by Gasteiger charge is 2.14. The fourth-order valence-electron chi connectivity index (χ4n) is 5.05. The number of aryl methyl sites for hydroxylation is 2. The highest BCUT2D eigenvalue weighted by Crippen LogP contribution is 2.31. The molecule has 8 heterocycles. The Labute approximate surface area is 309 Å². The molecule has 0 spiro atoms. The minimum atomic E-state index is -0.345. The Kier molecular flexibility index (Phi) is 10.7. The molecule has 0 fully saturated rings. The molecule has 0 aromatic carbocycles. The highest BCUT2D eigenvalue weighted by molar-refractivity contribution is 9.10. The second kappa shape index (κ2) is 15.6. The Bertz CT molecular complexity index is 2660. The van der Waals surface area contributed by atoms with Crippen molar-refractivity contribution < 1.29 is 8.78 Å². The van der Waals surface area contributed by atoms with Crippen molar-refractivity contribution >= 4 is 50.5 Å². The predicted molar refractivity (Wildman–Crippen MR) is 199 cm³/mol. The number of hydrogen-bond acceptors (Lipinski definition) is 6. The first kappa shape index (κ1) is 35.4.